The molecule has 0 bridgehead atoms. The lowest BCUT2D eigenvalue weighted by Gasteiger charge is -2.13. The number of nitro groups is 1. The second kappa shape index (κ2) is 5.63. The first-order valence-corrected chi connectivity index (χ1v) is 7.79. The number of nitrogens with two attached hydrogens (primary N) is 1. The molecule has 0 fully saturated rings. The van der Waals surface area contributed by atoms with Crippen molar-refractivity contribution in [3.05, 3.63) is 58.1 Å². The monoisotopic (exact) mass is 306 g/mol. The van der Waals surface area contributed by atoms with Gasteiger partial charge in [-0.25, -0.2) is 13.6 Å². The highest BCUT2D eigenvalue weighted by molar-refractivity contribution is 7.89. The Kier molecular flexibility index (Phi) is 4.06. The first kappa shape index (κ1) is 15.1. The van der Waals surface area contributed by atoms with Gasteiger partial charge in [0.15, 0.2) is 0 Å². The van der Waals surface area contributed by atoms with Crippen molar-refractivity contribution in [3.63, 3.8) is 0 Å². The van der Waals surface area contributed by atoms with Crippen molar-refractivity contribution in [2.24, 2.45) is 5.14 Å². The van der Waals surface area contributed by atoms with Crippen molar-refractivity contribution in [1.29, 1.82) is 0 Å². The number of primary sulfonamides is 1. The van der Waals surface area contributed by atoms with Crippen LogP contribution in [0, 0.1) is 10.1 Å². The first-order chi connectivity index (χ1) is 9.86. The van der Waals surface area contributed by atoms with E-state index < -0.39 is 14.9 Å². The smallest absolute Gasteiger partial charge is 0.258 e. The lowest BCUT2D eigenvalue weighted by molar-refractivity contribution is -0.384. The summed E-state index contributed by atoms with van der Waals surface area (Å²) in [6.45, 7) is 1.85. The summed E-state index contributed by atoms with van der Waals surface area (Å²) in [6.07, 6.45) is 0.532. The molecule has 110 valence electrons. The molecule has 0 amide bonds. The van der Waals surface area contributed by atoms with Crippen LogP contribution in [0.2, 0.25) is 0 Å². The number of nitro benzene ring substituents is 1. The number of para-hydroxylation sites is 1. The van der Waals surface area contributed by atoms with Crippen LogP contribution in [-0.4, -0.2) is 13.3 Å². The SMILES string of the molecule is CCc1cccc(S(N)(=O)=O)c1-c1ccccc1[N+](=O)[O-]. The molecule has 0 spiro atoms. The van der Waals surface area contributed by atoms with Gasteiger partial charge in [0.25, 0.3) is 5.69 Å². The van der Waals surface area contributed by atoms with Crippen molar-refractivity contribution in [1.82, 2.24) is 0 Å². The van der Waals surface area contributed by atoms with Crippen LogP contribution in [0.5, 0.6) is 0 Å². The van der Waals surface area contributed by atoms with Gasteiger partial charge < -0.3 is 0 Å². The average molecular weight is 306 g/mol. The molecule has 0 saturated heterocycles. The summed E-state index contributed by atoms with van der Waals surface area (Å²) in [5.41, 5.74) is 1.10. The molecule has 0 aromatic heterocycles. The molecule has 6 nitrogen and oxygen atoms in total. The minimum Gasteiger partial charge on any atom is -0.258 e. The molecule has 2 N–H and O–H groups in total. The van der Waals surface area contributed by atoms with Crippen LogP contribution in [-0.2, 0) is 16.4 Å². The maximum absolute atomic E-state index is 11.8. The molecule has 2 rings (SSSR count). The summed E-state index contributed by atoms with van der Waals surface area (Å²) < 4.78 is 23.6. The van der Waals surface area contributed by atoms with Gasteiger partial charge in [-0.1, -0.05) is 31.2 Å². The Morgan fingerprint density at radius 3 is 2.38 bits per heavy atom. The summed E-state index contributed by atoms with van der Waals surface area (Å²) in [4.78, 5) is 10.5. The van der Waals surface area contributed by atoms with Crippen LogP contribution in [0.25, 0.3) is 11.1 Å². The fraction of sp³-hybridized carbons (Fsp3) is 0.143. The van der Waals surface area contributed by atoms with E-state index in [0.29, 0.717) is 17.5 Å². The van der Waals surface area contributed by atoms with Crippen LogP contribution in [0.3, 0.4) is 0 Å². The zero-order valence-corrected chi connectivity index (χ0v) is 12.1. The zero-order valence-electron chi connectivity index (χ0n) is 11.3. The van der Waals surface area contributed by atoms with Gasteiger partial charge >= 0.3 is 0 Å². The number of rotatable bonds is 4. The average Bonchev–Trinajstić information content (AvgIpc) is 2.45. The molecule has 0 radical (unpaired) electrons. The van der Waals surface area contributed by atoms with Crippen LogP contribution in [0.4, 0.5) is 5.69 Å². The van der Waals surface area contributed by atoms with E-state index in [1.54, 1.807) is 18.2 Å². The molecular weight excluding hydrogens is 292 g/mol. The Morgan fingerprint density at radius 1 is 1.14 bits per heavy atom. The Hall–Kier alpha value is -2.25. The molecule has 0 aliphatic carbocycles. The number of nitrogens with zero attached hydrogens (tertiary/aromatic N) is 1. The largest absolute Gasteiger partial charge is 0.277 e. The normalized spacial score (nSPS) is 11.3. The molecule has 0 saturated carbocycles. The van der Waals surface area contributed by atoms with Crippen LogP contribution < -0.4 is 5.14 Å². The van der Waals surface area contributed by atoms with Crippen molar-refractivity contribution in [3.8, 4) is 11.1 Å². The molecule has 0 heterocycles. The van der Waals surface area contributed by atoms with E-state index in [2.05, 4.69) is 0 Å². The summed E-state index contributed by atoms with van der Waals surface area (Å²) >= 11 is 0. The highest BCUT2D eigenvalue weighted by Gasteiger charge is 2.23. The Balaban J connectivity index is 2.89. The molecule has 0 aliphatic rings. The third-order valence-corrected chi connectivity index (χ3v) is 4.12. The fourth-order valence-corrected chi connectivity index (χ4v) is 3.05. The van der Waals surface area contributed by atoms with Gasteiger partial charge in [-0.2, -0.15) is 0 Å². The Labute approximate surface area is 122 Å². The van der Waals surface area contributed by atoms with Gasteiger partial charge in [0, 0.05) is 11.6 Å². The first-order valence-electron chi connectivity index (χ1n) is 6.24. The van der Waals surface area contributed by atoms with Gasteiger partial charge in [0.05, 0.1) is 15.4 Å². The standard InChI is InChI=1S/C14H14N2O4S/c1-2-10-6-5-9-13(21(15,19)20)14(10)11-7-3-4-8-12(11)16(17)18/h3-9H,2H2,1H3,(H2,15,19,20). The summed E-state index contributed by atoms with van der Waals surface area (Å²) in [5, 5.41) is 16.4. The molecule has 2 aromatic carbocycles. The van der Waals surface area contributed by atoms with E-state index in [-0.39, 0.29) is 16.1 Å². The number of aryl methyl sites for hydroxylation is 1. The lowest BCUT2D eigenvalue weighted by atomic mass is 9.97. The highest BCUT2D eigenvalue weighted by atomic mass is 32.2. The highest BCUT2D eigenvalue weighted by Crippen LogP contribution is 2.36. The molecule has 2 aromatic rings. The van der Waals surface area contributed by atoms with Crippen LogP contribution >= 0.6 is 0 Å². The van der Waals surface area contributed by atoms with E-state index >= 15 is 0 Å². The Bertz CT molecular complexity index is 800. The van der Waals surface area contributed by atoms with E-state index in [1.165, 1.54) is 24.3 Å². The number of sulfonamides is 1. The van der Waals surface area contributed by atoms with Gasteiger partial charge in [0.1, 0.15) is 0 Å². The summed E-state index contributed by atoms with van der Waals surface area (Å²) in [7, 11) is -3.98. The maximum Gasteiger partial charge on any atom is 0.277 e. The maximum atomic E-state index is 11.8. The Morgan fingerprint density at radius 2 is 1.81 bits per heavy atom. The van der Waals surface area contributed by atoms with Crippen molar-refractivity contribution in [2.75, 3.05) is 0 Å². The van der Waals surface area contributed by atoms with Gasteiger partial charge in [0.2, 0.25) is 10.0 Å². The predicted octanol–water partition coefficient (Wildman–Crippen LogP) is 2.47. The van der Waals surface area contributed by atoms with Gasteiger partial charge in [-0.15, -0.1) is 0 Å². The van der Waals surface area contributed by atoms with Crippen molar-refractivity contribution >= 4 is 15.7 Å². The van der Waals surface area contributed by atoms with Crippen LogP contribution in [0.15, 0.2) is 47.4 Å². The second-order valence-corrected chi connectivity index (χ2v) is 5.99. The second-order valence-electron chi connectivity index (χ2n) is 4.46. The minimum atomic E-state index is -3.98. The summed E-state index contributed by atoms with van der Waals surface area (Å²) in [5.74, 6) is 0. The van der Waals surface area contributed by atoms with Crippen molar-refractivity contribution < 1.29 is 13.3 Å². The predicted molar refractivity (Wildman–Crippen MR) is 79.3 cm³/mol. The molecule has 0 aliphatic heterocycles. The quantitative estimate of drug-likeness (QED) is 0.692. The van der Waals surface area contributed by atoms with Crippen LogP contribution in [0.1, 0.15) is 12.5 Å². The van der Waals surface area contributed by atoms with Gasteiger partial charge in [-0.3, -0.25) is 10.1 Å². The topological polar surface area (TPSA) is 103 Å². The van der Waals surface area contributed by atoms with Crippen molar-refractivity contribution in [2.45, 2.75) is 18.2 Å². The van der Waals surface area contributed by atoms with E-state index in [9.17, 15) is 18.5 Å². The molecule has 0 unspecified atom stereocenters. The molecule has 7 heteroatoms. The molecule has 21 heavy (non-hydrogen) atoms. The van der Waals surface area contributed by atoms with Gasteiger partial charge in [-0.05, 0) is 24.1 Å². The molecular formula is C14H14N2O4S. The number of hydrogen-bond acceptors (Lipinski definition) is 4. The number of benzene rings is 2. The molecule has 0 atom stereocenters. The number of hydrogen-bond donors (Lipinski definition) is 1. The summed E-state index contributed by atoms with van der Waals surface area (Å²) in [6, 6.07) is 10.7. The zero-order chi connectivity index (χ0) is 15.6. The lowest BCUT2D eigenvalue weighted by Crippen LogP contribution is -2.14. The van der Waals surface area contributed by atoms with E-state index in [1.807, 2.05) is 6.92 Å². The minimum absolute atomic E-state index is 0.101. The fourth-order valence-electron chi connectivity index (χ4n) is 2.26. The third kappa shape index (κ3) is 2.93. The third-order valence-electron chi connectivity index (χ3n) is 3.17. The van der Waals surface area contributed by atoms with E-state index in [4.69, 9.17) is 5.14 Å². The van der Waals surface area contributed by atoms with E-state index in [0.717, 1.165) is 0 Å².